The molecule has 7 heteroatoms. The van der Waals surface area contributed by atoms with Gasteiger partial charge in [0.15, 0.2) is 0 Å². The van der Waals surface area contributed by atoms with Crippen LogP contribution in [0.5, 0.6) is 0 Å². The molecule has 134 valence electrons. The molecule has 0 spiro atoms. The molecule has 2 aliphatic heterocycles. The van der Waals surface area contributed by atoms with E-state index >= 15 is 0 Å². The molecule has 0 N–H and O–H groups in total. The SMILES string of the molecule is C[C@H]1CCCN1C(=O)CCN1CCN(c2ncnc3sccc23)CC1. The summed E-state index contributed by atoms with van der Waals surface area (Å²) in [6, 6.07) is 2.53. The van der Waals surface area contributed by atoms with Crippen molar-refractivity contribution in [2.75, 3.05) is 44.2 Å². The van der Waals surface area contributed by atoms with Crippen LogP contribution in [0, 0.1) is 0 Å². The van der Waals surface area contributed by atoms with Crippen LogP contribution in [0.2, 0.25) is 0 Å². The second-order valence-electron chi connectivity index (χ2n) is 6.99. The highest BCUT2D eigenvalue weighted by molar-refractivity contribution is 7.16. The zero-order chi connectivity index (χ0) is 17.2. The lowest BCUT2D eigenvalue weighted by Gasteiger charge is -2.35. The number of nitrogens with zero attached hydrogens (tertiary/aromatic N) is 5. The van der Waals surface area contributed by atoms with Crippen molar-refractivity contribution < 1.29 is 4.79 Å². The molecular weight excluding hydrogens is 334 g/mol. The van der Waals surface area contributed by atoms with E-state index in [2.05, 4.69) is 43.0 Å². The van der Waals surface area contributed by atoms with E-state index in [9.17, 15) is 4.79 Å². The predicted octanol–water partition coefficient (Wildman–Crippen LogP) is 2.21. The normalized spacial score (nSPS) is 22.0. The molecule has 1 amide bonds. The zero-order valence-corrected chi connectivity index (χ0v) is 15.5. The second kappa shape index (κ2) is 7.25. The molecule has 2 aliphatic rings. The largest absolute Gasteiger partial charge is 0.353 e. The average Bonchev–Trinajstić information content (AvgIpc) is 3.28. The molecule has 0 unspecified atom stereocenters. The number of hydrogen-bond acceptors (Lipinski definition) is 6. The molecular formula is C18H25N5OS. The zero-order valence-electron chi connectivity index (χ0n) is 14.7. The monoisotopic (exact) mass is 359 g/mol. The topological polar surface area (TPSA) is 52.6 Å². The van der Waals surface area contributed by atoms with Crippen LogP contribution in [0.15, 0.2) is 17.8 Å². The van der Waals surface area contributed by atoms with E-state index in [0.29, 0.717) is 18.4 Å². The maximum absolute atomic E-state index is 12.4. The fraction of sp³-hybridized carbons (Fsp3) is 0.611. The highest BCUT2D eigenvalue weighted by Crippen LogP contribution is 2.27. The van der Waals surface area contributed by atoms with E-state index in [0.717, 1.165) is 68.1 Å². The number of likely N-dealkylation sites (tertiary alicyclic amines) is 1. The number of piperazine rings is 1. The summed E-state index contributed by atoms with van der Waals surface area (Å²) in [4.78, 5) is 29.1. The standard InChI is InChI=1S/C18H25N5OS/c1-14-3-2-6-23(14)16(24)4-7-21-8-10-22(11-9-21)17-15-5-12-25-18(15)20-13-19-17/h5,12-14H,2-4,6-11H2,1H3/t14-/m0/s1. The van der Waals surface area contributed by atoms with Gasteiger partial charge in [-0.2, -0.15) is 0 Å². The Balaban J connectivity index is 1.30. The first-order chi connectivity index (χ1) is 12.2. The first-order valence-corrected chi connectivity index (χ1v) is 10.1. The summed E-state index contributed by atoms with van der Waals surface area (Å²) < 4.78 is 0. The molecule has 0 aliphatic carbocycles. The van der Waals surface area contributed by atoms with E-state index in [-0.39, 0.29) is 0 Å². The lowest BCUT2D eigenvalue weighted by atomic mass is 10.2. The highest BCUT2D eigenvalue weighted by Gasteiger charge is 2.26. The molecule has 25 heavy (non-hydrogen) atoms. The summed E-state index contributed by atoms with van der Waals surface area (Å²) in [5.41, 5.74) is 0. The molecule has 2 saturated heterocycles. The van der Waals surface area contributed by atoms with E-state index in [1.54, 1.807) is 17.7 Å². The van der Waals surface area contributed by atoms with Crippen LogP contribution in [-0.2, 0) is 4.79 Å². The fourth-order valence-electron chi connectivity index (χ4n) is 3.91. The van der Waals surface area contributed by atoms with Crippen LogP contribution < -0.4 is 4.90 Å². The Morgan fingerprint density at radius 2 is 2.08 bits per heavy atom. The Morgan fingerprint density at radius 1 is 1.24 bits per heavy atom. The lowest BCUT2D eigenvalue weighted by molar-refractivity contribution is -0.132. The van der Waals surface area contributed by atoms with Crippen molar-refractivity contribution in [3.63, 3.8) is 0 Å². The van der Waals surface area contributed by atoms with Gasteiger partial charge in [0.2, 0.25) is 5.91 Å². The van der Waals surface area contributed by atoms with Gasteiger partial charge in [-0.3, -0.25) is 9.69 Å². The third kappa shape index (κ3) is 3.48. The van der Waals surface area contributed by atoms with Crippen molar-refractivity contribution in [2.45, 2.75) is 32.2 Å². The van der Waals surface area contributed by atoms with E-state index < -0.39 is 0 Å². The number of hydrogen-bond donors (Lipinski definition) is 0. The summed E-state index contributed by atoms with van der Waals surface area (Å²) in [6.45, 7) is 7.85. The minimum Gasteiger partial charge on any atom is -0.353 e. The first kappa shape index (κ1) is 16.7. The fourth-order valence-corrected chi connectivity index (χ4v) is 4.64. The van der Waals surface area contributed by atoms with Crippen molar-refractivity contribution in [3.05, 3.63) is 17.8 Å². The molecule has 4 rings (SSSR count). The predicted molar refractivity (Wildman–Crippen MR) is 101 cm³/mol. The van der Waals surface area contributed by atoms with Crippen LogP contribution >= 0.6 is 11.3 Å². The van der Waals surface area contributed by atoms with Gasteiger partial charge in [-0.05, 0) is 31.2 Å². The Kier molecular flexibility index (Phi) is 4.85. The molecule has 2 aromatic heterocycles. The number of carbonyl (C=O) groups is 1. The number of aromatic nitrogens is 2. The summed E-state index contributed by atoms with van der Waals surface area (Å²) in [7, 11) is 0. The summed E-state index contributed by atoms with van der Waals surface area (Å²) >= 11 is 1.66. The average molecular weight is 359 g/mol. The molecule has 0 bridgehead atoms. The number of thiophene rings is 1. The van der Waals surface area contributed by atoms with Gasteiger partial charge in [-0.15, -0.1) is 11.3 Å². The van der Waals surface area contributed by atoms with Crippen LogP contribution in [0.1, 0.15) is 26.2 Å². The lowest BCUT2D eigenvalue weighted by Crippen LogP contribution is -2.47. The molecule has 0 saturated carbocycles. The van der Waals surface area contributed by atoms with E-state index in [1.165, 1.54) is 0 Å². The van der Waals surface area contributed by atoms with Gasteiger partial charge in [0.1, 0.15) is 17.0 Å². The van der Waals surface area contributed by atoms with Gasteiger partial charge in [-0.1, -0.05) is 0 Å². The Hall–Kier alpha value is -1.73. The quantitative estimate of drug-likeness (QED) is 0.838. The van der Waals surface area contributed by atoms with Crippen LogP contribution in [-0.4, -0.2) is 71.0 Å². The van der Waals surface area contributed by atoms with Crippen molar-refractivity contribution in [1.29, 1.82) is 0 Å². The molecule has 0 radical (unpaired) electrons. The minimum absolute atomic E-state index is 0.322. The maximum atomic E-state index is 12.4. The maximum Gasteiger partial charge on any atom is 0.224 e. The van der Waals surface area contributed by atoms with Gasteiger partial charge in [-0.25, -0.2) is 9.97 Å². The first-order valence-electron chi connectivity index (χ1n) is 9.17. The summed E-state index contributed by atoms with van der Waals surface area (Å²) in [6.07, 6.45) is 4.62. The third-order valence-electron chi connectivity index (χ3n) is 5.43. The molecule has 4 heterocycles. The van der Waals surface area contributed by atoms with Crippen LogP contribution in [0.3, 0.4) is 0 Å². The van der Waals surface area contributed by atoms with Crippen molar-refractivity contribution in [3.8, 4) is 0 Å². The number of fused-ring (bicyclic) bond motifs is 1. The van der Waals surface area contributed by atoms with E-state index in [1.807, 2.05) is 0 Å². The van der Waals surface area contributed by atoms with Gasteiger partial charge in [0, 0.05) is 51.7 Å². The highest BCUT2D eigenvalue weighted by atomic mass is 32.1. The summed E-state index contributed by atoms with van der Waals surface area (Å²) in [5.74, 6) is 1.37. The van der Waals surface area contributed by atoms with Crippen LogP contribution in [0.25, 0.3) is 10.2 Å². The van der Waals surface area contributed by atoms with Crippen molar-refractivity contribution in [2.24, 2.45) is 0 Å². The van der Waals surface area contributed by atoms with E-state index in [4.69, 9.17) is 0 Å². The van der Waals surface area contributed by atoms with Crippen LogP contribution in [0.4, 0.5) is 5.82 Å². The van der Waals surface area contributed by atoms with Gasteiger partial charge < -0.3 is 9.80 Å². The van der Waals surface area contributed by atoms with Crippen molar-refractivity contribution in [1.82, 2.24) is 19.8 Å². The second-order valence-corrected chi connectivity index (χ2v) is 7.89. The molecule has 6 nitrogen and oxygen atoms in total. The Labute approximate surface area is 152 Å². The number of carbonyl (C=O) groups excluding carboxylic acids is 1. The minimum atomic E-state index is 0.322. The number of amides is 1. The number of anilines is 1. The molecule has 0 aromatic carbocycles. The van der Waals surface area contributed by atoms with Crippen molar-refractivity contribution >= 4 is 33.3 Å². The van der Waals surface area contributed by atoms with Gasteiger partial charge in [0.05, 0.1) is 5.39 Å². The smallest absolute Gasteiger partial charge is 0.224 e. The molecule has 2 aromatic rings. The third-order valence-corrected chi connectivity index (χ3v) is 6.25. The Morgan fingerprint density at radius 3 is 2.84 bits per heavy atom. The molecule has 1 atom stereocenters. The van der Waals surface area contributed by atoms with Gasteiger partial charge in [0.25, 0.3) is 0 Å². The number of rotatable bonds is 4. The van der Waals surface area contributed by atoms with Gasteiger partial charge >= 0.3 is 0 Å². The molecule has 2 fully saturated rings. The summed E-state index contributed by atoms with van der Waals surface area (Å²) in [5, 5.41) is 3.23. The Bertz CT molecular complexity index is 740.